The molecule has 1 rings (SSSR count). The van der Waals surface area contributed by atoms with Crippen molar-refractivity contribution < 1.29 is 9.53 Å². The van der Waals surface area contributed by atoms with Gasteiger partial charge in [0, 0.05) is 31.7 Å². The molecule has 0 heterocycles. The standard InChI is InChI=1S/C15H30N2O2/c1-3-11-16-13-7-9-14(10-8-13)17-15(18)6-5-12-19-4-2/h13-14,16H,3-12H2,1-2H3,(H,17,18). The molecule has 1 saturated carbocycles. The van der Waals surface area contributed by atoms with Crippen molar-refractivity contribution in [3.63, 3.8) is 0 Å². The van der Waals surface area contributed by atoms with Crippen molar-refractivity contribution in [2.75, 3.05) is 19.8 Å². The zero-order chi connectivity index (χ0) is 13.9. The summed E-state index contributed by atoms with van der Waals surface area (Å²) in [6.45, 7) is 6.71. The van der Waals surface area contributed by atoms with Crippen molar-refractivity contribution in [1.29, 1.82) is 0 Å². The Morgan fingerprint density at radius 3 is 2.47 bits per heavy atom. The molecular formula is C15H30N2O2. The van der Waals surface area contributed by atoms with Crippen molar-refractivity contribution in [3.8, 4) is 0 Å². The molecule has 0 radical (unpaired) electrons. The van der Waals surface area contributed by atoms with Crippen LogP contribution in [0.1, 0.15) is 58.8 Å². The van der Waals surface area contributed by atoms with Crippen molar-refractivity contribution in [1.82, 2.24) is 10.6 Å². The number of nitrogens with one attached hydrogen (secondary N) is 2. The highest BCUT2D eigenvalue weighted by Crippen LogP contribution is 2.18. The molecule has 0 bridgehead atoms. The Labute approximate surface area is 117 Å². The van der Waals surface area contributed by atoms with Gasteiger partial charge in [0.25, 0.3) is 0 Å². The van der Waals surface area contributed by atoms with Gasteiger partial charge >= 0.3 is 0 Å². The van der Waals surface area contributed by atoms with Crippen molar-refractivity contribution in [2.45, 2.75) is 70.9 Å². The average molecular weight is 270 g/mol. The second-order valence-electron chi connectivity index (χ2n) is 5.37. The second-order valence-corrected chi connectivity index (χ2v) is 5.37. The third-order valence-corrected chi connectivity index (χ3v) is 3.67. The van der Waals surface area contributed by atoms with E-state index in [0.717, 1.165) is 32.4 Å². The van der Waals surface area contributed by atoms with Gasteiger partial charge in [-0.1, -0.05) is 6.92 Å². The molecule has 19 heavy (non-hydrogen) atoms. The lowest BCUT2D eigenvalue weighted by Crippen LogP contribution is -2.42. The molecule has 1 aliphatic carbocycles. The van der Waals surface area contributed by atoms with Gasteiger partial charge in [-0.05, 0) is 52.0 Å². The van der Waals surface area contributed by atoms with E-state index in [-0.39, 0.29) is 5.91 Å². The molecule has 0 aromatic heterocycles. The molecule has 4 heteroatoms. The highest BCUT2D eigenvalue weighted by molar-refractivity contribution is 5.76. The van der Waals surface area contributed by atoms with Crippen LogP contribution in [0.5, 0.6) is 0 Å². The van der Waals surface area contributed by atoms with Crippen LogP contribution in [0.4, 0.5) is 0 Å². The summed E-state index contributed by atoms with van der Waals surface area (Å²) in [7, 11) is 0. The molecule has 0 aromatic carbocycles. The summed E-state index contributed by atoms with van der Waals surface area (Å²) in [6, 6.07) is 1.05. The maximum Gasteiger partial charge on any atom is 0.220 e. The molecule has 0 spiro atoms. The lowest BCUT2D eigenvalue weighted by Gasteiger charge is -2.29. The molecule has 0 unspecified atom stereocenters. The molecule has 4 nitrogen and oxygen atoms in total. The molecular weight excluding hydrogens is 240 g/mol. The minimum Gasteiger partial charge on any atom is -0.382 e. The average Bonchev–Trinajstić information content (AvgIpc) is 2.43. The number of carbonyl (C=O) groups excluding carboxylic acids is 1. The van der Waals surface area contributed by atoms with Crippen LogP contribution in [0.15, 0.2) is 0 Å². The maximum absolute atomic E-state index is 11.7. The Morgan fingerprint density at radius 2 is 1.84 bits per heavy atom. The lowest BCUT2D eigenvalue weighted by atomic mass is 9.91. The van der Waals surface area contributed by atoms with E-state index in [1.807, 2.05) is 6.92 Å². The zero-order valence-electron chi connectivity index (χ0n) is 12.5. The molecule has 2 N–H and O–H groups in total. The van der Waals surface area contributed by atoms with Gasteiger partial charge in [-0.3, -0.25) is 4.79 Å². The SMILES string of the molecule is CCCNC1CCC(NC(=O)CCCOCC)CC1. The Balaban J connectivity index is 2.06. The summed E-state index contributed by atoms with van der Waals surface area (Å²) in [4.78, 5) is 11.7. The Kier molecular flexibility index (Phi) is 8.84. The van der Waals surface area contributed by atoms with Gasteiger partial charge in [-0.15, -0.1) is 0 Å². The van der Waals surface area contributed by atoms with Crippen LogP contribution in [0.3, 0.4) is 0 Å². The van der Waals surface area contributed by atoms with E-state index in [2.05, 4.69) is 17.6 Å². The van der Waals surface area contributed by atoms with Gasteiger partial charge < -0.3 is 15.4 Å². The first-order chi connectivity index (χ1) is 9.26. The summed E-state index contributed by atoms with van der Waals surface area (Å²) in [5.41, 5.74) is 0. The van der Waals surface area contributed by atoms with E-state index < -0.39 is 0 Å². The number of ether oxygens (including phenoxy) is 1. The molecule has 0 aromatic rings. The largest absolute Gasteiger partial charge is 0.382 e. The number of rotatable bonds is 9. The molecule has 112 valence electrons. The highest BCUT2D eigenvalue weighted by Gasteiger charge is 2.21. The van der Waals surface area contributed by atoms with E-state index in [0.29, 0.717) is 25.1 Å². The van der Waals surface area contributed by atoms with Crippen LogP contribution in [-0.4, -0.2) is 37.7 Å². The van der Waals surface area contributed by atoms with E-state index in [4.69, 9.17) is 4.74 Å². The molecule has 0 atom stereocenters. The van der Waals surface area contributed by atoms with Gasteiger partial charge in [0.1, 0.15) is 0 Å². The fourth-order valence-electron chi connectivity index (χ4n) is 2.57. The summed E-state index contributed by atoms with van der Waals surface area (Å²) < 4.78 is 5.24. The van der Waals surface area contributed by atoms with Crippen LogP contribution < -0.4 is 10.6 Å². The van der Waals surface area contributed by atoms with Gasteiger partial charge in [0.15, 0.2) is 0 Å². The Morgan fingerprint density at radius 1 is 1.16 bits per heavy atom. The minimum atomic E-state index is 0.185. The van der Waals surface area contributed by atoms with E-state index in [9.17, 15) is 4.79 Å². The topological polar surface area (TPSA) is 50.4 Å². The third kappa shape index (κ3) is 7.53. The van der Waals surface area contributed by atoms with Crippen molar-refractivity contribution in [3.05, 3.63) is 0 Å². The van der Waals surface area contributed by atoms with Gasteiger partial charge in [-0.25, -0.2) is 0 Å². The number of carbonyl (C=O) groups is 1. The maximum atomic E-state index is 11.7. The van der Waals surface area contributed by atoms with E-state index in [1.54, 1.807) is 0 Å². The first-order valence-corrected chi connectivity index (χ1v) is 7.86. The van der Waals surface area contributed by atoms with Gasteiger partial charge in [0.2, 0.25) is 5.91 Å². The van der Waals surface area contributed by atoms with Crippen LogP contribution in [0.25, 0.3) is 0 Å². The summed E-state index contributed by atoms with van der Waals surface area (Å²) in [5, 5.41) is 6.71. The number of hydrogen-bond acceptors (Lipinski definition) is 3. The first kappa shape index (κ1) is 16.4. The number of amides is 1. The monoisotopic (exact) mass is 270 g/mol. The molecule has 1 amide bonds. The zero-order valence-corrected chi connectivity index (χ0v) is 12.5. The summed E-state index contributed by atoms with van der Waals surface area (Å²) in [5.74, 6) is 0.185. The van der Waals surface area contributed by atoms with Crippen LogP contribution >= 0.6 is 0 Å². The molecule has 0 saturated heterocycles. The summed E-state index contributed by atoms with van der Waals surface area (Å²) in [6.07, 6.45) is 7.20. The normalized spacial score (nSPS) is 23.3. The predicted molar refractivity (Wildman–Crippen MR) is 78.2 cm³/mol. The Hall–Kier alpha value is -0.610. The highest BCUT2D eigenvalue weighted by atomic mass is 16.5. The van der Waals surface area contributed by atoms with Gasteiger partial charge in [-0.2, -0.15) is 0 Å². The van der Waals surface area contributed by atoms with Crippen LogP contribution in [0, 0.1) is 0 Å². The van der Waals surface area contributed by atoms with Crippen molar-refractivity contribution in [2.24, 2.45) is 0 Å². The minimum absolute atomic E-state index is 0.185. The molecule has 0 aliphatic heterocycles. The predicted octanol–water partition coefficient (Wildman–Crippen LogP) is 2.23. The molecule has 1 aliphatic rings. The number of hydrogen-bond donors (Lipinski definition) is 2. The molecule has 1 fully saturated rings. The van der Waals surface area contributed by atoms with Gasteiger partial charge in [0.05, 0.1) is 0 Å². The fourth-order valence-corrected chi connectivity index (χ4v) is 2.57. The van der Waals surface area contributed by atoms with Crippen molar-refractivity contribution >= 4 is 5.91 Å². The first-order valence-electron chi connectivity index (χ1n) is 7.86. The third-order valence-electron chi connectivity index (χ3n) is 3.67. The Bertz CT molecular complexity index is 238. The quantitative estimate of drug-likeness (QED) is 0.632. The smallest absolute Gasteiger partial charge is 0.220 e. The van der Waals surface area contributed by atoms with E-state index >= 15 is 0 Å². The second kappa shape index (κ2) is 10.2. The summed E-state index contributed by atoms with van der Waals surface area (Å²) >= 11 is 0. The van der Waals surface area contributed by atoms with Crippen LogP contribution in [-0.2, 0) is 9.53 Å². The lowest BCUT2D eigenvalue weighted by molar-refractivity contribution is -0.122. The van der Waals surface area contributed by atoms with E-state index in [1.165, 1.54) is 19.3 Å². The van der Waals surface area contributed by atoms with Crippen LogP contribution in [0.2, 0.25) is 0 Å². The fraction of sp³-hybridized carbons (Fsp3) is 0.933.